The molecule has 0 bridgehead atoms. The van der Waals surface area contributed by atoms with Gasteiger partial charge in [-0.15, -0.1) is 0 Å². The molecule has 0 spiro atoms. The van der Waals surface area contributed by atoms with Crippen molar-refractivity contribution in [2.75, 3.05) is 12.8 Å². The molecule has 0 radical (unpaired) electrons. The van der Waals surface area contributed by atoms with Gasteiger partial charge in [-0.25, -0.2) is 17.5 Å². The lowest BCUT2D eigenvalue weighted by atomic mass is 9.89. The minimum atomic E-state index is -3.44. The van der Waals surface area contributed by atoms with Crippen LogP contribution in [0, 0.1) is 17.1 Å². The van der Waals surface area contributed by atoms with Crippen LogP contribution < -0.4 is 16.2 Å². The molecule has 1 aliphatic carbocycles. The van der Waals surface area contributed by atoms with Gasteiger partial charge in [-0.1, -0.05) is 19.1 Å². The highest BCUT2D eigenvalue weighted by molar-refractivity contribution is 7.88. The summed E-state index contributed by atoms with van der Waals surface area (Å²) in [5.74, 6) is -0.284. The molecular weight excluding hydrogens is 541 g/mol. The minimum Gasteiger partial charge on any atom is -0.399 e. The minimum absolute atomic E-state index is 0.0410. The summed E-state index contributed by atoms with van der Waals surface area (Å²) in [4.78, 5) is 9.74. The van der Waals surface area contributed by atoms with E-state index in [4.69, 9.17) is 16.9 Å². The van der Waals surface area contributed by atoms with Crippen LogP contribution >= 0.6 is 0 Å². The van der Waals surface area contributed by atoms with Crippen LogP contribution in [-0.2, 0) is 16.6 Å². The molecule has 2 aliphatic heterocycles. The Morgan fingerprint density at radius 3 is 2.85 bits per heavy atom. The van der Waals surface area contributed by atoms with Crippen LogP contribution in [0.1, 0.15) is 18.2 Å². The molecule has 41 heavy (non-hydrogen) atoms. The van der Waals surface area contributed by atoms with Crippen molar-refractivity contribution in [2.45, 2.75) is 19.0 Å². The van der Waals surface area contributed by atoms with Gasteiger partial charge in [0.05, 0.1) is 35.1 Å². The molecule has 6 rings (SSSR count). The molecule has 1 aromatic carbocycles. The number of nitrogens with zero attached hydrogens (tertiary/aromatic N) is 2. The maximum Gasteiger partial charge on any atom is 0.209 e. The molecule has 1 fully saturated rings. The zero-order valence-corrected chi connectivity index (χ0v) is 23.4. The van der Waals surface area contributed by atoms with Crippen molar-refractivity contribution in [1.29, 1.82) is 5.41 Å². The normalized spacial score (nSPS) is 21.9. The monoisotopic (exact) mass is 571 g/mol. The van der Waals surface area contributed by atoms with Crippen molar-refractivity contribution in [2.24, 2.45) is 17.4 Å². The summed E-state index contributed by atoms with van der Waals surface area (Å²) >= 11 is 0. The Balaban J connectivity index is 1.36. The van der Waals surface area contributed by atoms with Gasteiger partial charge in [-0.05, 0) is 65.1 Å². The Bertz CT molecular complexity index is 1880. The average molecular weight is 572 g/mol. The van der Waals surface area contributed by atoms with E-state index in [1.165, 1.54) is 12.1 Å². The molecule has 3 aliphatic rings. The fourth-order valence-electron chi connectivity index (χ4n) is 5.46. The number of nitrogens with one attached hydrogen (secondary N) is 3. The van der Waals surface area contributed by atoms with E-state index < -0.39 is 21.4 Å². The molecule has 1 unspecified atom stereocenters. The largest absolute Gasteiger partial charge is 0.399 e. The number of hydrogen-bond donors (Lipinski definition) is 5. The molecule has 11 heteroatoms. The fraction of sp³-hybridized carbons (Fsp3) is 0.200. The molecule has 0 amide bonds. The standard InChI is InChI=1S/C30H30FN7O2S/c1-17-3-4-22(32)9-20(5-17)30-11-24(26(33)15-38(30)16-30)29(34)27-10-23-25(13-35-14-28(23)37-27)19-6-18(7-21(31)8-19)12-36-41(2,39)40/h3-11,13-15,17,34,36-37H,12,16,32-33H2,1-2H3/t17-,30?,38?/m0/s1. The van der Waals surface area contributed by atoms with E-state index in [1.54, 1.807) is 18.5 Å². The summed E-state index contributed by atoms with van der Waals surface area (Å²) < 4.78 is 40.0. The molecule has 2 aromatic heterocycles. The van der Waals surface area contributed by atoms with Gasteiger partial charge in [0.15, 0.2) is 0 Å². The molecule has 7 N–H and O–H groups in total. The number of fused-ring (bicyclic) bond motifs is 2. The topological polar surface area (TPSA) is 154 Å². The zero-order valence-electron chi connectivity index (χ0n) is 22.6. The number of pyridine rings is 1. The maximum absolute atomic E-state index is 14.6. The number of rotatable bonds is 7. The van der Waals surface area contributed by atoms with Crippen molar-refractivity contribution in [1.82, 2.24) is 19.6 Å². The van der Waals surface area contributed by atoms with Crippen LogP contribution in [0.4, 0.5) is 4.39 Å². The summed E-state index contributed by atoms with van der Waals surface area (Å²) in [6.45, 7) is 2.80. The molecular formula is C30H30FN7O2S. The number of aromatic amines is 1. The lowest BCUT2D eigenvalue weighted by molar-refractivity contribution is 0.586. The Morgan fingerprint density at radius 2 is 2.07 bits per heavy atom. The quantitative estimate of drug-likeness (QED) is 0.216. The second kappa shape index (κ2) is 9.57. The van der Waals surface area contributed by atoms with Gasteiger partial charge >= 0.3 is 0 Å². The number of allylic oxidation sites excluding steroid dienone is 4. The third kappa shape index (κ3) is 5.09. The summed E-state index contributed by atoms with van der Waals surface area (Å²) in [5.41, 5.74) is 18.2. The lowest BCUT2D eigenvalue weighted by Gasteiger charge is -2.23. The SMILES string of the molecule is C[C@H]1C=CC(N)=CC(C23C=C(C(=N)c4cc5c(-c6cc(F)cc(CNS(C)(=O)=O)c6)cncc5[nH]4)C(N)=CN2C3)=C1. The predicted octanol–water partition coefficient (Wildman–Crippen LogP) is 3.56. The number of nitrogens with two attached hydrogens (primary N) is 2. The van der Waals surface area contributed by atoms with Gasteiger partial charge in [0, 0.05) is 47.7 Å². The van der Waals surface area contributed by atoms with Gasteiger partial charge in [0.25, 0.3) is 0 Å². The fourth-order valence-corrected chi connectivity index (χ4v) is 5.89. The van der Waals surface area contributed by atoms with Gasteiger partial charge in [-0.2, -0.15) is 0 Å². The van der Waals surface area contributed by atoms with E-state index >= 15 is 0 Å². The summed E-state index contributed by atoms with van der Waals surface area (Å²) in [5, 5.41) is 9.87. The molecule has 2 atom stereocenters. The number of sulfonamides is 1. The van der Waals surface area contributed by atoms with Crippen molar-refractivity contribution in [3.05, 3.63) is 113 Å². The van der Waals surface area contributed by atoms with E-state index in [9.17, 15) is 12.8 Å². The first-order valence-electron chi connectivity index (χ1n) is 13.1. The number of H-pyrrole nitrogens is 1. The number of benzene rings is 1. The highest BCUT2D eigenvalue weighted by Crippen LogP contribution is 2.47. The molecule has 210 valence electrons. The second-order valence-corrected chi connectivity index (χ2v) is 12.7. The van der Waals surface area contributed by atoms with E-state index in [0.717, 1.165) is 23.8 Å². The van der Waals surface area contributed by atoms with Crippen molar-refractivity contribution >= 4 is 26.6 Å². The Morgan fingerprint density at radius 1 is 1.27 bits per heavy atom. The van der Waals surface area contributed by atoms with Crippen LogP contribution in [0.15, 0.2) is 95.8 Å². The highest BCUT2D eigenvalue weighted by atomic mass is 32.2. The van der Waals surface area contributed by atoms with E-state index in [1.807, 2.05) is 30.5 Å². The first kappa shape index (κ1) is 26.7. The average Bonchev–Trinajstić information content (AvgIpc) is 3.51. The van der Waals surface area contributed by atoms with E-state index in [0.29, 0.717) is 44.9 Å². The third-order valence-corrected chi connectivity index (χ3v) is 8.23. The first-order valence-corrected chi connectivity index (χ1v) is 15.0. The Hall–Kier alpha value is -4.48. The molecule has 1 saturated heterocycles. The Labute approximate surface area is 237 Å². The molecule has 4 heterocycles. The Kier molecular flexibility index (Phi) is 6.24. The van der Waals surface area contributed by atoms with Gasteiger partial charge < -0.3 is 21.4 Å². The number of aromatic nitrogens is 2. The third-order valence-electron chi connectivity index (χ3n) is 7.56. The van der Waals surface area contributed by atoms with Crippen molar-refractivity contribution in [3.8, 4) is 11.1 Å². The van der Waals surface area contributed by atoms with Crippen LogP contribution in [0.5, 0.6) is 0 Å². The molecule has 3 aromatic rings. The van der Waals surface area contributed by atoms with Gasteiger partial charge in [0.1, 0.15) is 11.4 Å². The van der Waals surface area contributed by atoms with Crippen LogP contribution in [-0.4, -0.2) is 47.3 Å². The number of halogens is 1. The lowest BCUT2D eigenvalue weighted by Crippen LogP contribution is -2.26. The van der Waals surface area contributed by atoms with Crippen molar-refractivity contribution < 1.29 is 12.8 Å². The second-order valence-electron chi connectivity index (χ2n) is 10.8. The van der Waals surface area contributed by atoms with E-state index in [-0.39, 0.29) is 18.2 Å². The highest BCUT2D eigenvalue weighted by Gasteiger charge is 2.53. The molecule has 0 saturated carbocycles. The summed E-state index contributed by atoms with van der Waals surface area (Å²) in [6, 6.07) is 6.23. The van der Waals surface area contributed by atoms with Crippen LogP contribution in [0.25, 0.3) is 22.0 Å². The van der Waals surface area contributed by atoms with Gasteiger partial charge in [0.2, 0.25) is 10.0 Å². The number of hydrogen-bond acceptors (Lipinski definition) is 7. The summed E-state index contributed by atoms with van der Waals surface area (Å²) in [7, 11) is -3.44. The summed E-state index contributed by atoms with van der Waals surface area (Å²) in [6.07, 6.45) is 16.4. The van der Waals surface area contributed by atoms with Crippen LogP contribution in [0.3, 0.4) is 0 Å². The molecule has 9 nitrogen and oxygen atoms in total. The van der Waals surface area contributed by atoms with Crippen molar-refractivity contribution in [3.63, 3.8) is 0 Å². The smallest absolute Gasteiger partial charge is 0.209 e. The van der Waals surface area contributed by atoms with Gasteiger partial charge in [-0.3, -0.25) is 10.4 Å². The maximum atomic E-state index is 14.6. The van der Waals surface area contributed by atoms with E-state index in [2.05, 4.69) is 38.7 Å². The van der Waals surface area contributed by atoms with Crippen LogP contribution in [0.2, 0.25) is 0 Å². The first-order chi connectivity index (χ1) is 19.4. The zero-order chi connectivity index (χ0) is 29.1. The predicted molar refractivity (Wildman–Crippen MR) is 158 cm³/mol.